The molecule has 0 aliphatic carbocycles. The minimum Gasteiger partial charge on any atom is -0.497 e. The van der Waals surface area contributed by atoms with Gasteiger partial charge in [-0.05, 0) is 50.1 Å². The first kappa shape index (κ1) is 19.9. The first-order valence-electron chi connectivity index (χ1n) is 9.66. The van der Waals surface area contributed by atoms with Crippen molar-refractivity contribution in [1.29, 1.82) is 0 Å². The third kappa shape index (κ3) is 5.09. The number of rotatable bonds is 7. The molecule has 1 aliphatic heterocycles. The van der Waals surface area contributed by atoms with Gasteiger partial charge in [-0.15, -0.1) is 0 Å². The molecule has 0 spiro atoms. The van der Waals surface area contributed by atoms with E-state index in [1.807, 2.05) is 62.4 Å². The third-order valence-electron chi connectivity index (χ3n) is 4.71. The van der Waals surface area contributed by atoms with Gasteiger partial charge in [0.15, 0.2) is 17.6 Å². The summed E-state index contributed by atoms with van der Waals surface area (Å²) in [6.07, 6.45) is 0.547. The molecule has 2 atom stereocenters. The second kappa shape index (κ2) is 9.35. The summed E-state index contributed by atoms with van der Waals surface area (Å²) in [6.45, 7) is 5.47. The fraction of sp³-hybridized carbons (Fsp3) is 0.409. The van der Waals surface area contributed by atoms with Gasteiger partial charge in [-0.2, -0.15) is 0 Å². The van der Waals surface area contributed by atoms with E-state index >= 15 is 0 Å². The highest BCUT2D eigenvalue weighted by atomic mass is 16.6. The highest BCUT2D eigenvalue weighted by Gasteiger charge is 2.25. The number of nitrogens with zero attached hydrogens (tertiary/aromatic N) is 1. The van der Waals surface area contributed by atoms with Crippen molar-refractivity contribution in [2.75, 3.05) is 26.8 Å². The summed E-state index contributed by atoms with van der Waals surface area (Å²) in [4.78, 5) is 14.5. The Balaban J connectivity index is 1.53. The van der Waals surface area contributed by atoms with Crippen LogP contribution in [0.5, 0.6) is 17.2 Å². The number of hydrogen-bond acceptors (Lipinski definition) is 4. The molecule has 6 nitrogen and oxygen atoms in total. The largest absolute Gasteiger partial charge is 0.497 e. The lowest BCUT2D eigenvalue weighted by molar-refractivity contribution is 0.0672. The number of amides is 2. The normalized spacial score (nSPS) is 16.2. The van der Waals surface area contributed by atoms with Crippen molar-refractivity contribution in [3.8, 4) is 17.2 Å². The van der Waals surface area contributed by atoms with Crippen LogP contribution in [-0.4, -0.2) is 49.9 Å². The minimum absolute atomic E-state index is 0.00194. The minimum atomic E-state index is -0.186. The van der Waals surface area contributed by atoms with Crippen LogP contribution in [-0.2, 0) is 6.42 Å². The highest BCUT2D eigenvalue weighted by molar-refractivity contribution is 5.74. The number of urea groups is 1. The summed E-state index contributed by atoms with van der Waals surface area (Å²) < 4.78 is 17.0. The van der Waals surface area contributed by atoms with Crippen molar-refractivity contribution in [3.63, 3.8) is 0 Å². The van der Waals surface area contributed by atoms with Crippen LogP contribution < -0.4 is 19.5 Å². The molecule has 3 rings (SSSR count). The van der Waals surface area contributed by atoms with Crippen LogP contribution in [0.3, 0.4) is 0 Å². The monoisotopic (exact) mass is 384 g/mol. The molecule has 0 saturated heterocycles. The van der Waals surface area contributed by atoms with Gasteiger partial charge in [-0.3, -0.25) is 0 Å². The lowest BCUT2D eigenvalue weighted by Gasteiger charge is -2.31. The van der Waals surface area contributed by atoms with Crippen LogP contribution >= 0.6 is 0 Å². The van der Waals surface area contributed by atoms with Gasteiger partial charge >= 0.3 is 6.03 Å². The van der Waals surface area contributed by atoms with Crippen molar-refractivity contribution >= 4 is 6.03 Å². The molecule has 0 saturated carbocycles. The fourth-order valence-corrected chi connectivity index (χ4v) is 3.26. The number of hydrogen-bond donors (Lipinski definition) is 1. The van der Waals surface area contributed by atoms with Crippen molar-refractivity contribution < 1.29 is 19.0 Å². The summed E-state index contributed by atoms with van der Waals surface area (Å²) in [5.74, 6) is 2.29. The molecule has 0 aromatic heterocycles. The molecule has 150 valence electrons. The number of para-hydroxylation sites is 2. The van der Waals surface area contributed by atoms with Gasteiger partial charge in [0.2, 0.25) is 0 Å². The Labute approximate surface area is 166 Å². The molecule has 2 unspecified atom stereocenters. The van der Waals surface area contributed by atoms with Crippen LogP contribution in [0.15, 0.2) is 48.5 Å². The molecule has 1 heterocycles. The van der Waals surface area contributed by atoms with E-state index in [2.05, 4.69) is 5.32 Å². The molecule has 2 amide bonds. The highest BCUT2D eigenvalue weighted by Crippen LogP contribution is 2.31. The van der Waals surface area contributed by atoms with Gasteiger partial charge < -0.3 is 24.4 Å². The number of carbonyl (C=O) groups excluding carboxylic acids is 1. The number of nitrogens with one attached hydrogen (secondary N) is 1. The second-order valence-electron chi connectivity index (χ2n) is 6.94. The molecule has 0 bridgehead atoms. The Bertz CT molecular complexity index is 796. The van der Waals surface area contributed by atoms with E-state index in [1.54, 1.807) is 12.0 Å². The Morgan fingerprint density at radius 1 is 1.25 bits per heavy atom. The predicted octanol–water partition coefficient (Wildman–Crippen LogP) is 3.50. The maximum atomic E-state index is 12.7. The smallest absolute Gasteiger partial charge is 0.317 e. The number of carbonyl (C=O) groups is 1. The van der Waals surface area contributed by atoms with Crippen LogP contribution in [0.4, 0.5) is 4.79 Å². The molecular formula is C22H28N2O4. The Morgan fingerprint density at radius 3 is 2.79 bits per heavy atom. The van der Waals surface area contributed by atoms with Gasteiger partial charge in [0.05, 0.1) is 13.7 Å². The number of benzene rings is 2. The van der Waals surface area contributed by atoms with E-state index in [-0.39, 0.29) is 18.2 Å². The van der Waals surface area contributed by atoms with Crippen molar-refractivity contribution in [2.45, 2.75) is 32.4 Å². The first-order chi connectivity index (χ1) is 13.6. The number of fused-ring (bicyclic) bond motifs is 1. The molecule has 1 N–H and O–H groups in total. The molecule has 1 aliphatic rings. The molecule has 0 radical (unpaired) electrons. The molecule has 2 aromatic rings. The van der Waals surface area contributed by atoms with Gasteiger partial charge in [0.1, 0.15) is 12.4 Å². The number of ether oxygens (including phenoxy) is 3. The third-order valence-corrected chi connectivity index (χ3v) is 4.71. The van der Waals surface area contributed by atoms with Crippen LogP contribution in [0.25, 0.3) is 0 Å². The predicted molar refractivity (Wildman–Crippen MR) is 108 cm³/mol. The quantitative estimate of drug-likeness (QED) is 0.794. The maximum Gasteiger partial charge on any atom is 0.317 e. The molecule has 6 heteroatoms. The summed E-state index contributed by atoms with van der Waals surface area (Å²) in [6, 6.07) is 15.4. The van der Waals surface area contributed by atoms with Crippen LogP contribution in [0.2, 0.25) is 0 Å². The van der Waals surface area contributed by atoms with Crippen LogP contribution in [0, 0.1) is 0 Å². The summed E-state index contributed by atoms with van der Waals surface area (Å²) >= 11 is 0. The Hall–Kier alpha value is -2.89. The average Bonchev–Trinajstić information content (AvgIpc) is 2.71. The fourth-order valence-electron chi connectivity index (χ4n) is 3.26. The summed E-state index contributed by atoms with van der Waals surface area (Å²) in [5.41, 5.74) is 1.12. The second-order valence-corrected chi connectivity index (χ2v) is 6.94. The van der Waals surface area contributed by atoms with Crippen molar-refractivity contribution in [3.05, 3.63) is 54.1 Å². The topological polar surface area (TPSA) is 60.0 Å². The van der Waals surface area contributed by atoms with Gasteiger partial charge in [0.25, 0.3) is 0 Å². The van der Waals surface area contributed by atoms with Crippen LogP contribution in [0.1, 0.15) is 19.4 Å². The molecule has 0 fully saturated rings. The van der Waals surface area contributed by atoms with Crippen molar-refractivity contribution in [1.82, 2.24) is 10.2 Å². The molecular weight excluding hydrogens is 356 g/mol. The summed E-state index contributed by atoms with van der Waals surface area (Å²) in [5, 5.41) is 3.08. The maximum absolute atomic E-state index is 12.7. The molecule has 28 heavy (non-hydrogen) atoms. The lowest BCUT2D eigenvalue weighted by Crippen LogP contribution is -2.49. The Kier molecular flexibility index (Phi) is 6.63. The van der Waals surface area contributed by atoms with E-state index in [0.717, 1.165) is 29.2 Å². The number of likely N-dealkylation sites (N-methyl/N-ethyl adjacent to an activating group) is 1. The van der Waals surface area contributed by atoms with Gasteiger partial charge in [0, 0.05) is 12.6 Å². The van der Waals surface area contributed by atoms with E-state index < -0.39 is 0 Å². The zero-order valence-corrected chi connectivity index (χ0v) is 16.7. The van der Waals surface area contributed by atoms with E-state index in [4.69, 9.17) is 14.2 Å². The SMILES string of the molecule is CCN(CC1COc2ccccc2O1)C(=O)NC(C)Cc1cccc(OC)c1. The zero-order valence-electron chi connectivity index (χ0n) is 16.7. The first-order valence-corrected chi connectivity index (χ1v) is 9.66. The van der Waals surface area contributed by atoms with Crippen molar-refractivity contribution in [2.24, 2.45) is 0 Å². The Morgan fingerprint density at radius 2 is 2.04 bits per heavy atom. The number of methoxy groups -OCH3 is 1. The average molecular weight is 384 g/mol. The van der Waals surface area contributed by atoms with Gasteiger partial charge in [-0.25, -0.2) is 4.79 Å². The lowest BCUT2D eigenvalue weighted by atomic mass is 10.1. The van der Waals surface area contributed by atoms with E-state index in [0.29, 0.717) is 19.7 Å². The van der Waals surface area contributed by atoms with E-state index in [9.17, 15) is 4.79 Å². The summed E-state index contributed by atoms with van der Waals surface area (Å²) in [7, 11) is 1.65. The zero-order chi connectivity index (χ0) is 19.9. The standard InChI is InChI=1S/C22H28N2O4/c1-4-24(14-19-15-27-20-10-5-6-11-21(20)28-19)22(25)23-16(2)12-17-8-7-9-18(13-17)26-3/h5-11,13,16,19H,4,12,14-15H2,1-3H3,(H,23,25). The van der Waals surface area contributed by atoms with Gasteiger partial charge in [-0.1, -0.05) is 24.3 Å². The molecule has 2 aromatic carbocycles. The van der Waals surface area contributed by atoms with E-state index in [1.165, 1.54) is 0 Å².